The van der Waals surface area contributed by atoms with Gasteiger partial charge in [0.25, 0.3) is 5.91 Å². The van der Waals surface area contributed by atoms with Gasteiger partial charge in [-0.25, -0.2) is 4.79 Å². The van der Waals surface area contributed by atoms with Crippen molar-refractivity contribution >= 4 is 11.9 Å². The second-order valence-electron chi connectivity index (χ2n) is 4.78. The smallest absolute Gasteiger partial charge is 0.336 e. The lowest BCUT2D eigenvalue weighted by molar-refractivity contribution is 0.0680. The number of benzene rings is 1. The molecular formula is C16H16N2O3. The lowest BCUT2D eigenvalue weighted by Crippen LogP contribution is -2.28. The molecule has 0 unspecified atom stereocenters. The minimum Gasteiger partial charge on any atom is -0.478 e. The monoisotopic (exact) mass is 284 g/mol. The maximum Gasteiger partial charge on any atom is 0.336 e. The van der Waals surface area contributed by atoms with Gasteiger partial charge in [0.1, 0.15) is 0 Å². The lowest BCUT2D eigenvalue weighted by Gasteiger charge is -2.18. The van der Waals surface area contributed by atoms with E-state index >= 15 is 0 Å². The minimum atomic E-state index is -1.11. The molecule has 5 nitrogen and oxygen atoms in total. The van der Waals surface area contributed by atoms with Crippen molar-refractivity contribution in [2.24, 2.45) is 0 Å². The van der Waals surface area contributed by atoms with Gasteiger partial charge in [0.05, 0.1) is 23.4 Å². The number of carboxylic acids is 1. The van der Waals surface area contributed by atoms with Crippen molar-refractivity contribution in [1.29, 1.82) is 0 Å². The van der Waals surface area contributed by atoms with E-state index in [0.29, 0.717) is 6.54 Å². The van der Waals surface area contributed by atoms with Gasteiger partial charge in [0.2, 0.25) is 0 Å². The molecule has 0 aliphatic carbocycles. The Morgan fingerprint density at radius 1 is 1.10 bits per heavy atom. The Morgan fingerprint density at radius 3 is 2.38 bits per heavy atom. The summed E-state index contributed by atoms with van der Waals surface area (Å²) < 4.78 is 0. The zero-order chi connectivity index (χ0) is 15.4. The molecule has 2 rings (SSSR count). The van der Waals surface area contributed by atoms with Crippen molar-refractivity contribution in [3.63, 3.8) is 0 Å². The molecule has 0 fully saturated rings. The molecule has 0 bridgehead atoms. The third-order valence-corrected chi connectivity index (χ3v) is 3.08. The zero-order valence-electron chi connectivity index (χ0n) is 11.9. The number of aryl methyl sites for hydroxylation is 1. The average Bonchev–Trinajstić information content (AvgIpc) is 2.46. The number of pyridine rings is 1. The Hall–Kier alpha value is -2.69. The quantitative estimate of drug-likeness (QED) is 0.935. The highest BCUT2D eigenvalue weighted by Crippen LogP contribution is 2.13. The number of nitrogens with zero attached hydrogens (tertiary/aromatic N) is 2. The molecule has 2 aromatic rings. The third-order valence-electron chi connectivity index (χ3n) is 3.08. The van der Waals surface area contributed by atoms with Crippen LogP contribution in [-0.2, 0) is 6.54 Å². The van der Waals surface area contributed by atoms with Gasteiger partial charge in [-0.05, 0) is 31.2 Å². The van der Waals surface area contributed by atoms with Crippen LogP contribution in [0.15, 0.2) is 42.5 Å². The van der Waals surface area contributed by atoms with Gasteiger partial charge in [-0.3, -0.25) is 9.78 Å². The number of hydrogen-bond acceptors (Lipinski definition) is 3. The van der Waals surface area contributed by atoms with Crippen LogP contribution in [0.5, 0.6) is 0 Å². The Bertz CT molecular complexity index is 683. The van der Waals surface area contributed by atoms with Crippen molar-refractivity contribution in [3.05, 3.63) is 65.0 Å². The van der Waals surface area contributed by atoms with Crippen LogP contribution in [0.4, 0.5) is 0 Å². The molecule has 0 aliphatic rings. The van der Waals surface area contributed by atoms with Crippen LogP contribution >= 0.6 is 0 Å². The molecule has 0 radical (unpaired) electrons. The van der Waals surface area contributed by atoms with Crippen LogP contribution in [0.25, 0.3) is 0 Å². The molecule has 0 saturated carbocycles. The van der Waals surface area contributed by atoms with Crippen molar-refractivity contribution in [2.45, 2.75) is 13.5 Å². The molecule has 1 aromatic carbocycles. The molecular weight excluding hydrogens is 268 g/mol. The molecule has 1 N–H and O–H groups in total. The Labute approximate surface area is 122 Å². The van der Waals surface area contributed by atoms with Gasteiger partial charge in [0.15, 0.2) is 0 Å². The maximum absolute atomic E-state index is 12.4. The van der Waals surface area contributed by atoms with E-state index in [1.807, 2.05) is 25.1 Å². The molecule has 108 valence electrons. The van der Waals surface area contributed by atoms with E-state index in [-0.39, 0.29) is 17.0 Å². The van der Waals surface area contributed by atoms with E-state index in [4.69, 9.17) is 5.11 Å². The van der Waals surface area contributed by atoms with Gasteiger partial charge in [-0.1, -0.05) is 18.2 Å². The van der Waals surface area contributed by atoms with Gasteiger partial charge >= 0.3 is 5.97 Å². The Balaban J connectivity index is 2.22. The van der Waals surface area contributed by atoms with Crippen molar-refractivity contribution < 1.29 is 14.7 Å². The highest BCUT2D eigenvalue weighted by Gasteiger charge is 2.19. The second kappa shape index (κ2) is 6.17. The first-order chi connectivity index (χ1) is 9.99. The van der Waals surface area contributed by atoms with E-state index in [0.717, 1.165) is 11.4 Å². The number of rotatable bonds is 4. The lowest BCUT2D eigenvalue weighted by atomic mass is 10.1. The fourth-order valence-corrected chi connectivity index (χ4v) is 2.06. The normalized spacial score (nSPS) is 10.2. The summed E-state index contributed by atoms with van der Waals surface area (Å²) in [5, 5.41) is 9.14. The van der Waals surface area contributed by atoms with Crippen LogP contribution in [0.3, 0.4) is 0 Å². The highest BCUT2D eigenvalue weighted by molar-refractivity contribution is 6.04. The topological polar surface area (TPSA) is 70.5 Å². The number of aromatic nitrogens is 1. The summed E-state index contributed by atoms with van der Waals surface area (Å²) in [7, 11) is 1.63. The molecule has 0 saturated heterocycles. The Morgan fingerprint density at radius 2 is 1.76 bits per heavy atom. The number of carbonyl (C=O) groups is 2. The fourth-order valence-electron chi connectivity index (χ4n) is 2.06. The standard InChI is InChI=1S/C16H16N2O3/c1-11-6-5-7-12(17-11)10-18(2)15(19)13-8-3-4-9-14(13)16(20)21/h3-9H,10H2,1-2H3,(H,20,21). The van der Waals surface area contributed by atoms with Gasteiger partial charge in [0, 0.05) is 12.7 Å². The second-order valence-corrected chi connectivity index (χ2v) is 4.78. The fraction of sp³-hybridized carbons (Fsp3) is 0.188. The van der Waals surface area contributed by atoms with Crippen LogP contribution in [-0.4, -0.2) is 33.9 Å². The van der Waals surface area contributed by atoms with Crippen LogP contribution in [0.2, 0.25) is 0 Å². The number of carboxylic acid groups (broad SMARTS) is 1. The molecule has 1 heterocycles. The van der Waals surface area contributed by atoms with Crippen molar-refractivity contribution in [1.82, 2.24) is 9.88 Å². The van der Waals surface area contributed by atoms with E-state index < -0.39 is 5.97 Å². The van der Waals surface area contributed by atoms with Crippen molar-refractivity contribution in [3.8, 4) is 0 Å². The van der Waals surface area contributed by atoms with Gasteiger partial charge in [-0.2, -0.15) is 0 Å². The summed E-state index contributed by atoms with van der Waals surface area (Å²) >= 11 is 0. The molecule has 1 aromatic heterocycles. The summed E-state index contributed by atoms with van der Waals surface area (Å²) in [4.78, 5) is 29.4. The molecule has 0 spiro atoms. The predicted molar refractivity (Wildman–Crippen MR) is 78.2 cm³/mol. The largest absolute Gasteiger partial charge is 0.478 e. The maximum atomic E-state index is 12.4. The number of aromatic carboxylic acids is 1. The number of hydrogen-bond donors (Lipinski definition) is 1. The molecule has 1 amide bonds. The first-order valence-electron chi connectivity index (χ1n) is 6.49. The minimum absolute atomic E-state index is 0.00607. The van der Waals surface area contributed by atoms with Crippen LogP contribution < -0.4 is 0 Å². The number of amides is 1. The third kappa shape index (κ3) is 3.45. The highest BCUT2D eigenvalue weighted by atomic mass is 16.4. The summed E-state index contributed by atoms with van der Waals surface area (Å²) in [5.74, 6) is -1.45. The van der Waals surface area contributed by atoms with E-state index in [9.17, 15) is 9.59 Å². The average molecular weight is 284 g/mol. The van der Waals surface area contributed by atoms with Gasteiger partial charge in [-0.15, -0.1) is 0 Å². The van der Waals surface area contributed by atoms with E-state index in [1.165, 1.54) is 17.0 Å². The first kappa shape index (κ1) is 14.7. The molecule has 21 heavy (non-hydrogen) atoms. The van der Waals surface area contributed by atoms with E-state index in [2.05, 4.69) is 4.98 Å². The summed E-state index contributed by atoms with van der Waals surface area (Å²) in [6, 6.07) is 11.8. The summed E-state index contributed by atoms with van der Waals surface area (Å²) in [5.41, 5.74) is 1.82. The zero-order valence-corrected chi connectivity index (χ0v) is 11.9. The molecule has 0 aliphatic heterocycles. The molecule has 5 heteroatoms. The summed E-state index contributed by atoms with van der Waals surface area (Å²) in [6.07, 6.45) is 0. The van der Waals surface area contributed by atoms with Crippen molar-refractivity contribution in [2.75, 3.05) is 7.05 Å². The Kier molecular flexibility index (Phi) is 4.33. The first-order valence-corrected chi connectivity index (χ1v) is 6.49. The predicted octanol–water partition coefficient (Wildman–Crippen LogP) is 2.36. The van der Waals surface area contributed by atoms with Crippen LogP contribution in [0.1, 0.15) is 32.1 Å². The SMILES string of the molecule is Cc1cccc(CN(C)C(=O)c2ccccc2C(=O)O)n1. The number of carbonyl (C=O) groups excluding carboxylic acids is 1. The van der Waals surface area contributed by atoms with Crippen LogP contribution in [0, 0.1) is 6.92 Å². The van der Waals surface area contributed by atoms with Gasteiger partial charge < -0.3 is 10.0 Å². The van der Waals surface area contributed by atoms with E-state index in [1.54, 1.807) is 19.2 Å². The summed E-state index contributed by atoms with van der Waals surface area (Å²) in [6.45, 7) is 2.21. The molecule has 0 atom stereocenters.